The number of ether oxygens (including phenoxy) is 2. The van der Waals surface area contributed by atoms with Crippen molar-refractivity contribution >= 4 is 0 Å². The maximum Gasteiger partial charge on any atom is 0.124 e. The van der Waals surface area contributed by atoms with Crippen molar-refractivity contribution < 1.29 is 9.47 Å². The second-order valence-corrected chi connectivity index (χ2v) is 4.53. The molecule has 2 aromatic rings. The Balaban J connectivity index is 2.09. The molecule has 106 valence electrons. The highest BCUT2D eigenvalue weighted by Gasteiger charge is 2.06. The molecule has 0 aliphatic heterocycles. The maximum absolute atomic E-state index is 5.92. The van der Waals surface area contributed by atoms with Crippen molar-refractivity contribution in [2.24, 2.45) is 0 Å². The fourth-order valence-electron chi connectivity index (χ4n) is 1.96. The molecule has 0 radical (unpaired) electrons. The van der Waals surface area contributed by atoms with Crippen LogP contribution in [0.2, 0.25) is 0 Å². The molecule has 0 aromatic heterocycles. The second kappa shape index (κ2) is 7.56. The van der Waals surface area contributed by atoms with Gasteiger partial charge in [0.25, 0.3) is 0 Å². The van der Waals surface area contributed by atoms with Gasteiger partial charge in [0.1, 0.15) is 18.1 Å². The Morgan fingerprint density at radius 3 is 2.55 bits per heavy atom. The van der Waals surface area contributed by atoms with Gasteiger partial charge >= 0.3 is 0 Å². The predicted molar refractivity (Wildman–Crippen MR) is 81.1 cm³/mol. The molecule has 0 atom stereocenters. The van der Waals surface area contributed by atoms with Crippen LogP contribution >= 0.6 is 0 Å². The summed E-state index contributed by atoms with van der Waals surface area (Å²) in [6.45, 7) is 4.37. The van der Waals surface area contributed by atoms with Gasteiger partial charge in [-0.2, -0.15) is 0 Å². The Morgan fingerprint density at radius 2 is 1.85 bits per heavy atom. The molecule has 2 rings (SSSR count). The first-order valence-electron chi connectivity index (χ1n) is 6.88. The first kappa shape index (κ1) is 14.4. The second-order valence-electron chi connectivity index (χ2n) is 4.53. The third-order valence-corrected chi connectivity index (χ3v) is 3.07. The Bertz CT molecular complexity index is 526. The average Bonchev–Trinajstić information content (AvgIpc) is 2.52. The number of methoxy groups -OCH3 is 1. The molecule has 0 aliphatic carbocycles. The molecule has 2 aromatic carbocycles. The molecule has 0 saturated heterocycles. The van der Waals surface area contributed by atoms with E-state index in [2.05, 4.69) is 24.4 Å². The zero-order chi connectivity index (χ0) is 14.2. The van der Waals surface area contributed by atoms with Crippen LogP contribution in [-0.2, 0) is 13.2 Å². The molecule has 0 spiro atoms. The van der Waals surface area contributed by atoms with Gasteiger partial charge in [0.15, 0.2) is 0 Å². The smallest absolute Gasteiger partial charge is 0.124 e. The third kappa shape index (κ3) is 4.00. The first-order valence-corrected chi connectivity index (χ1v) is 6.88. The van der Waals surface area contributed by atoms with Crippen molar-refractivity contribution in [1.82, 2.24) is 5.32 Å². The Hall–Kier alpha value is -2.00. The summed E-state index contributed by atoms with van der Waals surface area (Å²) in [5.41, 5.74) is 2.28. The zero-order valence-electron chi connectivity index (χ0n) is 12.1. The quantitative estimate of drug-likeness (QED) is 0.837. The van der Waals surface area contributed by atoms with Gasteiger partial charge in [-0.1, -0.05) is 37.3 Å². The fraction of sp³-hybridized carbons (Fsp3) is 0.294. The predicted octanol–water partition coefficient (Wildman–Crippen LogP) is 3.38. The molecule has 0 saturated carbocycles. The Morgan fingerprint density at radius 1 is 1.05 bits per heavy atom. The molecule has 0 amide bonds. The molecule has 0 aliphatic rings. The molecule has 1 N–H and O–H groups in total. The van der Waals surface area contributed by atoms with Gasteiger partial charge in [0.2, 0.25) is 0 Å². The van der Waals surface area contributed by atoms with Crippen LogP contribution in [0.3, 0.4) is 0 Å². The Kier molecular flexibility index (Phi) is 5.44. The number of benzene rings is 2. The van der Waals surface area contributed by atoms with Gasteiger partial charge < -0.3 is 14.8 Å². The lowest BCUT2D eigenvalue weighted by molar-refractivity contribution is 0.301. The monoisotopic (exact) mass is 271 g/mol. The summed E-state index contributed by atoms with van der Waals surface area (Å²) in [7, 11) is 1.68. The maximum atomic E-state index is 5.92. The lowest BCUT2D eigenvalue weighted by Crippen LogP contribution is -2.13. The van der Waals surface area contributed by atoms with Crippen LogP contribution in [0.25, 0.3) is 0 Å². The van der Waals surface area contributed by atoms with Crippen LogP contribution in [0.4, 0.5) is 0 Å². The summed E-state index contributed by atoms with van der Waals surface area (Å²) in [6.07, 6.45) is 0. The van der Waals surface area contributed by atoms with Crippen molar-refractivity contribution in [1.29, 1.82) is 0 Å². The summed E-state index contributed by atoms with van der Waals surface area (Å²) < 4.78 is 11.2. The van der Waals surface area contributed by atoms with Crippen LogP contribution in [0, 0.1) is 0 Å². The van der Waals surface area contributed by atoms with Crippen molar-refractivity contribution in [3.63, 3.8) is 0 Å². The van der Waals surface area contributed by atoms with Crippen molar-refractivity contribution in [3.05, 3.63) is 59.7 Å². The van der Waals surface area contributed by atoms with Gasteiger partial charge in [-0.05, 0) is 30.3 Å². The summed E-state index contributed by atoms with van der Waals surface area (Å²) in [4.78, 5) is 0. The van der Waals surface area contributed by atoms with E-state index >= 15 is 0 Å². The molecule has 0 heterocycles. The van der Waals surface area contributed by atoms with E-state index in [9.17, 15) is 0 Å². The van der Waals surface area contributed by atoms with Gasteiger partial charge in [0.05, 0.1) is 7.11 Å². The minimum atomic E-state index is 0.576. The van der Waals surface area contributed by atoms with E-state index in [1.165, 1.54) is 0 Å². The molecule has 0 bridgehead atoms. The minimum absolute atomic E-state index is 0.576. The van der Waals surface area contributed by atoms with Gasteiger partial charge in [0, 0.05) is 12.1 Å². The van der Waals surface area contributed by atoms with Crippen molar-refractivity contribution in [2.75, 3.05) is 13.7 Å². The summed E-state index contributed by atoms with van der Waals surface area (Å²) in [6, 6.07) is 16.1. The molecular weight excluding hydrogens is 250 g/mol. The van der Waals surface area contributed by atoms with E-state index in [0.29, 0.717) is 6.61 Å². The number of nitrogens with one attached hydrogen (secondary N) is 1. The van der Waals surface area contributed by atoms with Crippen LogP contribution < -0.4 is 14.8 Å². The standard InChI is InChI=1S/C17H21NO2/c1-3-18-12-15-11-16(19-2)9-10-17(15)20-13-14-7-5-4-6-8-14/h4-11,18H,3,12-13H2,1-2H3. The molecule has 3 nitrogen and oxygen atoms in total. The normalized spacial score (nSPS) is 10.3. The van der Waals surface area contributed by atoms with Gasteiger partial charge in [-0.25, -0.2) is 0 Å². The summed E-state index contributed by atoms with van der Waals surface area (Å²) in [5.74, 6) is 1.75. The fourth-order valence-corrected chi connectivity index (χ4v) is 1.96. The molecule has 3 heteroatoms. The number of hydrogen-bond acceptors (Lipinski definition) is 3. The van der Waals surface area contributed by atoms with E-state index < -0.39 is 0 Å². The van der Waals surface area contributed by atoms with E-state index in [-0.39, 0.29) is 0 Å². The highest BCUT2D eigenvalue weighted by atomic mass is 16.5. The van der Waals surface area contributed by atoms with E-state index in [4.69, 9.17) is 9.47 Å². The zero-order valence-corrected chi connectivity index (χ0v) is 12.1. The van der Waals surface area contributed by atoms with Gasteiger partial charge in [-0.3, -0.25) is 0 Å². The van der Waals surface area contributed by atoms with Gasteiger partial charge in [-0.15, -0.1) is 0 Å². The lowest BCUT2D eigenvalue weighted by atomic mass is 10.2. The van der Waals surface area contributed by atoms with Crippen molar-refractivity contribution in [2.45, 2.75) is 20.1 Å². The average molecular weight is 271 g/mol. The highest BCUT2D eigenvalue weighted by Crippen LogP contribution is 2.25. The van der Waals surface area contributed by atoms with E-state index in [1.54, 1.807) is 7.11 Å². The SMILES string of the molecule is CCNCc1cc(OC)ccc1OCc1ccccc1. The van der Waals surface area contributed by atoms with Crippen LogP contribution in [0.15, 0.2) is 48.5 Å². The number of hydrogen-bond donors (Lipinski definition) is 1. The van der Waals surface area contributed by atoms with Crippen LogP contribution in [0.5, 0.6) is 11.5 Å². The lowest BCUT2D eigenvalue weighted by Gasteiger charge is -2.13. The van der Waals surface area contributed by atoms with Crippen molar-refractivity contribution in [3.8, 4) is 11.5 Å². The van der Waals surface area contributed by atoms with E-state index in [1.807, 2.05) is 36.4 Å². The van der Waals surface area contributed by atoms with E-state index in [0.717, 1.165) is 35.7 Å². The summed E-state index contributed by atoms with van der Waals surface area (Å²) in [5, 5.41) is 3.32. The minimum Gasteiger partial charge on any atom is -0.497 e. The Labute approximate surface area is 120 Å². The molecule has 0 unspecified atom stereocenters. The first-order chi connectivity index (χ1) is 9.83. The molecule has 20 heavy (non-hydrogen) atoms. The number of rotatable bonds is 7. The largest absolute Gasteiger partial charge is 0.497 e. The third-order valence-electron chi connectivity index (χ3n) is 3.07. The van der Waals surface area contributed by atoms with Crippen LogP contribution in [-0.4, -0.2) is 13.7 Å². The van der Waals surface area contributed by atoms with Crippen LogP contribution in [0.1, 0.15) is 18.1 Å². The summed E-state index contributed by atoms with van der Waals surface area (Å²) >= 11 is 0. The molecular formula is C17H21NO2. The molecule has 0 fully saturated rings. The highest BCUT2D eigenvalue weighted by molar-refractivity contribution is 5.40. The topological polar surface area (TPSA) is 30.5 Å².